The first-order valence-corrected chi connectivity index (χ1v) is 7.61. The van der Waals surface area contributed by atoms with Gasteiger partial charge in [0.05, 0.1) is 19.8 Å². The van der Waals surface area contributed by atoms with E-state index in [1.165, 1.54) is 0 Å². The summed E-state index contributed by atoms with van der Waals surface area (Å²) in [6.07, 6.45) is 1.01. The van der Waals surface area contributed by atoms with Gasteiger partial charge in [0.15, 0.2) is 0 Å². The maximum atomic E-state index is 12.1. The van der Waals surface area contributed by atoms with Crippen LogP contribution in [0.15, 0.2) is 24.3 Å². The van der Waals surface area contributed by atoms with Crippen molar-refractivity contribution in [1.82, 2.24) is 10.2 Å². The van der Waals surface area contributed by atoms with E-state index in [1.54, 1.807) is 0 Å². The smallest absolute Gasteiger partial charge is 0.238 e. The van der Waals surface area contributed by atoms with Crippen LogP contribution in [0.3, 0.4) is 0 Å². The fraction of sp³-hybridized carbons (Fsp3) is 0.562. The van der Waals surface area contributed by atoms with Gasteiger partial charge in [0.1, 0.15) is 11.9 Å². The van der Waals surface area contributed by atoms with Crippen molar-refractivity contribution in [3.05, 3.63) is 29.8 Å². The van der Waals surface area contributed by atoms with Crippen LogP contribution in [0.2, 0.25) is 0 Å². The van der Waals surface area contributed by atoms with Gasteiger partial charge in [-0.25, -0.2) is 0 Å². The molecule has 2 aliphatic rings. The van der Waals surface area contributed by atoms with E-state index in [4.69, 9.17) is 9.47 Å². The molecule has 1 aromatic rings. The molecular weight excluding hydrogens is 268 g/mol. The van der Waals surface area contributed by atoms with E-state index in [1.807, 2.05) is 36.1 Å². The minimum absolute atomic E-state index is 0.0335. The molecule has 0 bridgehead atoms. The zero-order valence-corrected chi connectivity index (χ0v) is 12.4. The lowest BCUT2D eigenvalue weighted by Gasteiger charge is -2.27. The lowest BCUT2D eigenvalue weighted by molar-refractivity contribution is -0.128. The Kier molecular flexibility index (Phi) is 4.41. The van der Waals surface area contributed by atoms with Gasteiger partial charge in [0, 0.05) is 19.1 Å². The van der Waals surface area contributed by atoms with Gasteiger partial charge in [-0.3, -0.25) is 10.1 Å². The van der Waals surface area contributed by atoms with Crippen LogP contribution in [0.5, 0.6) is 5.75 Å². The number of hydrogen-bond acceptors (Lipinski definition) is 4. The molecule has 0 radical (unpaired) electrons. The molecule has 2 heterocycles. The molecule has 5 heteroatoms. The summed E-state index contributed by atoms with van der Waals surface area (Å²) in [6, 6.07) is 7.97. The molecule has 2 atom stereocenters. The summed E-state index contributed by atoms with van der Waals surface area (Å²) in [4.78, 5) is 14.1. The Morgan fingerprint density at radius 1 is 1.38 bits per heavy atom. The van der Waals surface area contributed by atoms with Crippen molar-refractivity contribution in [1.29, 1.82) is 0 Å². The van der Waals surface area contributed by atoms with Crippen molar-refractivity contribution >= 4 is 5.91 Å². The van der Waals surface area contributed by atoms with E-state index in [0.29, 0.717) is 19.1 Å². The molecule has 21 heavy (non-hydrogen) atoms. The predicted molar refractivity (Wildman–Crippen MR) is 79.0 cm³/mol. The molecule has 0 aliphatic carbocycles. The van der Waals surface area contributed by atoms with Crippen LogP contribution in [0, 0.1) is 5.92 Å². The molecule has 114 valence electrons. The van der Waals surface area contributed by atoms with Crippen LogP contribution >= 0.6 is 0 Å². The lowest BCUT2D eigenvalue weighted by Crippen LogP contribution is -2.35. The molecule has 1 amide bonds. The SMILES string of the molecule is CCOc1ccc(C2NCC(=O)N2CC2CCOC2)cc1. The summed E-state index contributed by atoms with van der Waals surface area (Å²) < 4.78 is 10.9. The highest BCUT2D eigenvalue weighted by Gasteiger charge is 2.33. The van der Waals surface area contributed by atoms with Gasteiger partial charge in [0.2, 0.25) is 5.91 Å². The first-order chi connectivity index (χ1) is 10.3. The van der Waals surface area contributed by atoms with Gasteiger partial charge in [-0.2, -0.15) is 0 Å². The highest BCUT2D eigenvalue weighted by molar-refractivity contribution is 5.81. The molecule has 2 saturated heterocycles. The minimum Gasteiger partial charge on any atom is -0.494 e. The van der Waals surface area contributed by atoms with Crippen molar-refractivity contribution in [3.8, 4) is 5.75 Å². The highest BCUT2D eigenvalue weighted by atomic mass is 16.5. The maximum Gasteiger partial charge on any atom is 0.238 e. The molecule has 0 saturated carbocycles. The molecular formula is C16H22N2O3. The molecule has 2 aliphatic heterocycles. The second-order valence-corrected chi connectivity index (χ2v) is 5.56. The predicted octanol–water partition coefficient (Wildman–Crippen LogP) is 1.55. The van der Waals surface area contributed by atoms with Crippen LogP contribution in [0.1, 0.15) is 25.1 Å². The standard InChI is InChI=1S/C16H22N2O3/c1-2-21-14-5-3-13(4-6-14)16-17-9-15(19)18(16)10-12-7-8-20-11-12/h3-6,12,16-17H,2,7-11H2,1H3. The Bertz CT molecular complexity index is 483. The second kappa shape index (κ2) is 6.45. The fourth-order valence-corrected chi connectivity index (χ4v) is 2.96. The minimum atomic E-state index is -0.0335. The molecule has 0 spiro atoms. The van der Waals surface area contributed by atoms with Gasteiger partial charge in [-0.15, -0.1) is 0 Å². The molecule has 0 aromatic heterocycles. The van der Waals surface area contributed by atoms with E-state index >= 15 is 0 Å². The van der Waals surface area contributed by atoms with Crippen molar-refractivity contribution < 1.29 is 14.3 Å². The summed E-state index contributed by atoms with van der Waals surface area (Å²) in [5.74, 6) is 1.49. The van der Waals surface area contributed by atoms with Gasteiger partial charge in [0.25, 0.3) is 0 Å². The van der Waals surface area contributed by atoms with E-state index in [9.17, 15) is 4.79 Å². The third-order valence-corrected chi connectivity index (χ3v) is 4.06. The van der Waals surface area contributed by atoms with E-state index in [2.05, 4.69) is 5.32 Å². The van der Waals surface area contributed by atoms with Crippen molar-refractivity contribution in [2.45, 2.75) is 19.5 Å². The third-order valence-electron chi connectivity index (χ3n) is 4.06. The number of benzene rings is 1. The van der Waals surface area contributed by atoms with E-state index in [-0.39, 0.29) is 12.1 Å². The number of carbonyl (C=O) groups is 1. The van der Waals surface area contributed by atoms with Crippen LogP contribution in [0.25, 0.3) is 0 Å². The van der Waals surface area contributed by atoms with Gasteiger partial charge < -0.3 is 14.4 Å². The summed E-state index contributed by atoms with van der Waals surface area (Å²) in [6.45, 7) is 5.38. The number of amides is 1. The fourth-order valence-electron chi connectivity index (χ4n) is 2.96. The average Bonchev–Trinajstić information content (AvgIpc) is 3.12. The zero-order chi connectivity index (χ0) is 14.7. The average molecular weight is 290 g/mol. The molecule has 1 N–H and O–H groups in total. The Hall–Kier alpha value is -1.59. The summed E-state index contributed by atoms with van der Waals surface area (Å²) in [7, 11) is 0. The highest BCUT2D eigenvalue weighted by Crippen LogP contribution is 2.27. The molecule has 2 fully saturated rings. The van der Waals surface area contributed by atoms with Crippen molar-refractivity contribution in [2.75, 3.05) is 32.9 Å². The number of carbonyl (C=O) groups excluding carboxylic acids is 1. The zero-order valence-electron chi connectivity index (χ0n) is 12.4. The Balaban J connectivity index is 1.71. The number of nitrogens with one attached hydrogen (secondary N) is 1. The van der Waals surface area contributed by atoms with Gasteiger partial charge in [-0.1, -0.05) is 12.1 Å². The van der Waals surface area contributed by atoms with Gasteiger partial charge in [-0.05, 0) is 31.0 Å². The van der Waals surface area contributed by atoms with Crippen molar-refractivity contribution in [2.24, 2.45) is 5.92 Å². The molecule has 5 nitrogen and oxygen atoms in total. The van der Waals surface area contributed by atoms with E-state index < -0.39 is 0 Å². The Morgan fingerprint density at radius 2 is 2.19 bits per heavy atom. The summed E-state index contributed by atoms with van der Waals surface area (Å²) >= 11 is 0. The summed E-state index contributed by atoms with van der Waals surface area (Å²) in [5.41, 5.74) is 1.10. The second-order valence-electron chi connectivity index (χ2n) is 5.56. The van der Waals surface area contributed by atoms with Crippen LogP contribution in [0.4, 0.5) is 0 Å². The van der Waals surface area contributed by atoms with Crippen molar-refractivity contribution in [3.63, 3.8) is 0 Å². The topological polar surface area (TPSA) is 50.8 Å². The Labute approximate surface area is 125 Å². The van der Waals surface area contributed by atoms with E-state index in [0.717, 1.165) is 37.5 Å². The maximum absolute atomic E-state index is 12.1. The first-order valence-electron chi connectivity index (χ1n) is 7.61. The van der Waals surface area contributed by atoms with Crippen LogP contribution in [-0.2, 0) is 9.53 Å². The quantitative estimate of drug-likeness (QED) is 0.894. The molecule has 3 rings (SSSR count). The third kappa shape index (κ3) is 3.19. The molecule has 2 unspecified atom stereocenters. The van der Waals surface area contributed by atoms with Gasteiger partial charge >= 0.3 is 0 Å². The monoisotopic (exact) mass is 290 g/mol. The normalized spacial score (nSPS) is 25.6. The number of ether oxygens (including phenoxy) is 2. The lowest BCUT2D eigenvalue weighted by atomic mass is 10.1. The number of rotatable bonds is 5. The summed E-state index contributed by atoms with van der Waals surface area (Å²) in [5, 5.41) is 3.29. The number of hydrogen-bond donors (Lipinski definition) is 1. The largest absolute Gasteiger partial charge is 0.494 e. The van der Waals surface area contributed by atoms with Crippen LogP contribution < -0.4 is 10.1 Å². The van der Waals surface area contributed by atoms with Crippen LogP contribution in [-0.4, -0.2) is 43.7 Å². The Morgan fingerprint density at radius 3 is 2.86 bits per heavy atom. The first kappa shape index (κ1) is 14.4. The molecule has 1 aromatic carbocycles. The number of nitrogens with zero attached hydrogens (tertiary/aromatic N) is 1.